The first-order valence-corrected chi connectivity index (χ1v) is 14.3. The molecule has 0 aliphatic rings. The van der Waals surface area contributed by atoms with Gasteiger partial charge in [-0.3, -0.25) is 0 Å². The normalized spacial score (nSPS) is 11.3. The van der Waals surface area contributed by atoms with Crippen molar-refractivity contribution >= 4 is 35.8 Å². The number of hydrogen-bond acceptors (Lipinski definition) is 3. The van der Waals surface area contributed by atoms with Gasteiger partial charge < -0.3 is 9.79 Å². The van der Waals surface area contributed by atoms with E-state index in [1.165, 1.54) is 115 Å². The first-order valence-electron chi connectivity index (χ1n) is 11.3. The minimum absolute atomic E-state index is 0.239. The molecule has 2 N–H and O–H groups in total. The van der Waals surface area contributed by atoms with Gasteiger partial charge in [0.15, 0.2) is 0 Å². The van der Waals surface area contributed by atoms with E-state index in [9.17, 15) is 4.57 Å². The predicted octanol–water partition coefficient (Wildman–Crippen LogP) is 6.88. The molecule has 0 aromatic heterocycles. The maximum atomic E-state index is 10.3. The molecule has 0 aliphatic carbocycles. The molecule has 0 aromatic carbocycles. The van der Waals surface area contributed by atoms with Crippen LogP contribution in [-0.4, -0.2) is 44.3 Å². The third kappa shape index (κ3) is 34.9. The van der Waals surface area contributed by atoms with E-state index in [-0.39, 0.29) is 6.61 Å². The summed E-state index contributed by atoms with van der Waals surface area (Å²) < 4.78 is 15.7. The maximum absolute atomic E-state index is 10.3. The zero-order valence-corrected chi connectivity index (χ0v) is 21.2. The number of hydrogen-bond donors (Lipinski definition) is 2. The fourth-order valence-electron chi connectivity index (χ4n) is 2.82. The SMILES string of the molecule is CCCCCCCCCCCCCCCCOOP(=O)(O)O.CCC[CH2][Na]. The van der Waals surface area contributed by atoms with Gasteiger partial charge in [0.25, 0.3) is 0 Å². The number of phosphoric acid groups is 1. The summed E-state index contributed by atoms with van der Waals surface area (Å²) in [6.07, 6.45) is 20.6. The zero-order valence-electron chi connectivity index (χ0n) is 18.3. The van der Waals surface area contributed by atoms with Gasteiger partial charge in [-0.25, -0.2) is 9.45 Å². The van der Waals surface area contributed by atoms with Crippen LogP contribution in [0.25, 0.3) is 0 Å². The van der Waals surface area contributed by atoms with Crippen molar-refractivity contribution in [2.24, 2.45) is 0 Å². The van der Waals surface area contributed by atoms with Crippen molar-refractivity contribution in [2.75, 3.05) is 6.61 Å². The predicted molar refractivity (Wildman–Crippen MR) is 115 cm³/mol. The van der Waals surface area contributed by atoms with Crippen LogP contribution in [0.5, 0.6) is 0 Å². The van der Waals surface area contributed by atoms with Crippen LogP contribution in [0.15, 0.2) is 0 Å². The molecule has 0 atom stereocenters. The Morgan fingerprint density at radius 1 is 0.667 bits per heavy atom. The molecule has 27 heavy (non-hydrogen) atoms. The zero-order chi connectivity index (χ0) is 20.6. The van der Waals surface area contributed by atoms with Gasteiger partial charge in [-0.2, -0.15) is 0 Å². The van der Waals surface area contributed by atoms with Crippen molar-refractivity contribution < 1.29 is 23.9 Å². The Balaban J connectivity index is 0. The first kappa shape index (κ1) is 30.3. The van der Waals surface area contributed by atoms with Gasteiger partial charge in [-0.05, 0) is 6.42 Å². The van der Waals surface area contributed by atoms with E-state index in [4.69, 9.17) is 9.79 Å². The Labute approximate surface area is 186 Å². The second kappa shape index (κ2) is 25.1. The summed E-state index contributed by atoms with van der Waals surface area (Å²) in [5.74, 6) is 0. The van der Waals surface area contributed by atoms with Gasteiger partial charge >= 0.3 is 59.2 Å². The van der Waals surface area contributed by atoms with Crippen molar-refractivity contribution in [1.29, 1.82) is 0 Å². The van der Waals surface area contributed by atoms with Crippen molar-refractivity contribution in [3.8, 4) is 0 Å². The molecule has 0 saturated heterocycles. The summed E-state index contributed by atoms with van der Waals surface area (Å²) in [6.45, 7) is 4.73. The second-order valence-electron chi connectivity index (χ2n) is 7.34. The third-order valence-electron chi connectivity index (χ3n) is 4.44. The average molecular weight is 419 g/mol. The molecule has 0 aliphatic heterocycles. The third-order valence-corrected chi connectivity index (χ3v) is 5.44. The average Bonchev–Trinajstić information content (AvgIpc) is 2.62. The van der Waals surface area contributed by atoms with Gasteiger partial charge in [0.05, 0.1) is 6.61 Å². The number of unbranched alkanes of at least 4 members (excludes halogenated alkanes) is 14. The van der Waals surface area contributed by atoms with E-state index in [0.717, 1.165) is 19.3 Å². The fourth-order valence-corrected chi connectivity index (χ4v) is 3.73. The van der Waals surface area contributed by atoms with Gasteiger partial charge in [-0.15, -0.1) is 4.67 Å². The van der Waals surface area contributed by atoms with E-state index in [1.54, 1.807) is 0 Å². The van der Waals surface area contributed by atoms with Crippen LogP contribution in [-0.2, 0) is 14.1 Å². The fraction of sp³-hybridized carbons (Fsp3) is 1.00. The minimum atomic E-state index is -4.48. The molecule has 5 nitrogen and oxygen atoms in total. The van der Waals surface area contributed by atoms with E-state index in [1.807, 2.05) is 0 Å². The quantitative estimate of drug-likeness (QED) is 0.0786. The van der Waals surface area contributed by atoms with Crippen LogP contribution < -0.4 is 0 Å². The molecule has 0 saturated carbocycles. The van der Waals surface area contributed by atoms with Gasteiger partial charge in [0.1, 0.15) is 0 Å². The molecular weight excluding hydrogens is 374 g/mol. The molecule has 0 amide bonds. The molecule has 0 rings (SSSR count). The van der Waals surface area contributed by atoms with Crippen molar-refractivity contribution in [3.05, 3.63) is 0 Å². The van der Waals surface area contributed by atoms with Crippen LogP contribution in [0.2, 0.25) is 3.67 Å². The molecule has 0 spiro atoms. The van der Waals surface area contributed by atoms with E-state index in [0.29, 0.717) is 0 Å². The molecule has 0 heterocycles. The van der Waals surface area contributed by atoms with Gasteiger partial charge in [-0.1, -0.05) is 90.4 Å². The molecule has 0 radical (unpaired) electrons. The summed E-state index contributed by atoms with van der Waals surface area (Å²) in [4.78, 5) is 21.2. The van der Waals surface area contributed by atoms with Crippen LogP contribution >= 0.6 is 7.82 Å². The van der Waals surface area contributed by atoms with Crippen molar-refractivity contribution in [3.63, 3.8) is 0 Å². The van der Waals surface area contributed by atoms with Crippen molar-refractivity contribution in [2.45, 2.75) is 120 Å². The Kier molecular flexibility index (Phi) is 28.1. The topological polar surface area (TPSA) is 76.0 Å². The Bertz CT molecular complexity index is 311. The van der Waals surface area contributed by atoms with E-state index < -0.39 is 7.82 Å². The molecule has 0 fully saturated rings. The second-order valence-corrected chi connectivity index (χ2v) is 9.47. The molecule has 0 aromatic rings. The van der Waals surface area contributed by atoms with E-state index >= 15 is 0 Å². The Morgan fingerprint density at radius 3 is 1.33 bits per heavy atom. The summed E-state index contributed by atoms with van der Waals surface area (Å²) in [5.41, 5.74) is 0. The Morgan fingerprint density at radius 2 is 1.04 bits per heavy atom. The molecule has 7 heteroatoms. The molecule has 0 unspecified atom stereocenters. The standard InChI is InChI=1S/C16H35O5P.C4H9.Na/c1-2-3-4-5-6-7-8-9-10-11-12-13-14-15-16-20-21-22(17,18)19;1-3-4-2;/h2-16H2,1H3,(H2,17,18,19);1,3-4H2,2H3;. The van der Waals surface area contributed by atoms with Crippen LogP contribution in [0.3, 0.4) is 0 Å². The summed E-state index contributed by atoms with van der Waals surface area (Å²) in [6, 6.07) is 0. The molecule has 160 valence electrons. The van der Waals surface area contributed by atoms with Gasteiger partial charge in [0, 0.05) is 0 Å². The van der Waals surface area contributed by atoms with E-state index in [2.05, 4.69) is 23.4 Å². The van der Waals surface area contributed by atoms with Gasteiger partial charge in [0.2, 0.25) is 0 Å². The molecule has 0 bridgehead atoms. The van der Waals surface area contributed by atoms with Crippen LogP contribution in [0, 0.1) is 0 Å². The van der Waals surface area contributed by atoms with Crippen LogP contribution in [0.1, 0.15) is 117 Å². The Hall–Kier alpha value is 1.07. The summed E-state index contributed by atoms with van der Waals surface area (Å²) in [7, 11) is -4.48. The monoisotopic (exact) mass is 418 g/mol. The van der Waals surface area contributed by atoms with Crippen LogP contribution in [0.4, 0.5) is 0 Å². The summed E-state index contributed by atoms with van der Waals surface area (Å²) >= 11 is 1.40. The first-order chi connectivity index (χ1) is 13.0. The number of rotatable bonds is 19. The van der Waals surface area contributed by atoms with Crippen molar-refractivity contribution in [1.82, 2.24) is 0 Å². The summed E-state index contributed by atoms with van der Waals surface area (Å²) in [5, 5.41) is 0. The molecular formula is C20H44NaO5P.